The Balaban J connectivity index is 3.00. The van der Waals surface area contributed by atoms with E-state index in [1.807, 2.05) is 0 Å². The first-order chi connectivity index (χ1) is 9.04. The maximum atomic E-state index is 10.9. The topological polar surface area (TPSA) is 89.7 Å². The van der Waals surface area contributed by atoms with E-state index in [4.69, 9.17) is 21.4 Å². The molecule has 0 aromatic heterocycles. The molecule has 0 saturated carbocycles. The Labute approximate surface area is 113 Å². The quantitative estimate of drug-likeness (QED) is 0.492. The van der Waals surface area contributed by atoms with E-state index in [1.54, 1.807) is 0 Å². The number of nitro groups is 1. The summed E-state index contributed by atoms with van der Waals surface area (Å²) in [4.78, 5) is 20.7. The third kappa shape index (κ3) is 4.81. The minimum atomic E-state index is -1.13. The van der Waals surface area contributed by atoms with Crippen LogP contribution >= 0.6 is 11.6 Å². The van der Waals surface area contributed by atoms with Crippen molar-refractivity contribution >= 4 is 29.3 Å². The molecule has 0 fully saturated rings. The summed E-state index contributed by atoms with van der Waals surface area (Å²) in [7, 11) is 0. The molecule has 100 valence electrons. The van der Waals surface area contributed by atoms with Crippen molar-refractivity contribution in [1.82, 2.24) is 0 Å². The van der Waals surface area contributed by atoms with E-state index in [2.05, 4.69) is 0 Å². The summed E-state index contributed by atoms with van der Waals surface area (Å²) < 4.78 is 5.17. The van der Waals surface area contributed by atoms with Crippen LogP contribution in [0.1, 0.15) is 5.56 Å². The summed E-state index contributed by atoms with van der Waals surface area (Å²) in [6.45, 7) is 0.106. The number of carboxylic acids is 1. The van der Waals surface area contributed by atoms with Gasteiger partial charge >= 0.3 is 11.7 Å². The van der Waals surface area contributed by atoms with Crippen molar-refractivity contribution in [3.05, 3.63) is 51.6 Å². The first kappa shape index (κ1) is 14.7. The SMILES string of the molecule is O=C(O)/C=C/c1ccc(OC/C=C/Cl)c([N+](=O)[O-])c1. The van der Waals surface area contributed by atoms with Crippen molar-refractivity contribution < 1.29 is 19.6 Å². The molecule has 0 spiro atoms. The molecule has 0 radical (unpaired) electrons. The predicted octanol–water partition coefficient (Wildman–Crippen LogP) is 2.82. The van der Waals surface area contributed by atoms with Crippen LogP contribution in [-0.4, -0.2) is 22.6 Å². The van der Waals surface area contributed by atoms with Gasteiger partial charge in [0.15, 0.2) is 5.75 Å². The van der Waals surface area contributed by atoms with Crippen molar-refractivity contribution in [3.8, 4) is 5.75 Å². The second-order valence-electron chi connectivity index (χ2n) is 3.33. The van der Waals surface area contributed by atoms with Gasteiger partial charge in [0, 0.05) is 17.7 Å². The summed E-state index contributed by atoms with van der Waals surface area (Å²) in [6.07, 6.45) is 3.65. The highest BCUT2D eigenvalue weighted by Gasteiger charge is 2.15. The number of carbonyl (C=O) groups is 1. The number of nitro benzene ring substituents is 1. The fourth-order valence-electron chi connectivity index (χ4n) is 1.24. The van der Waals surface area contributed by atoms with Crippen molar-refractivity contribution in [3.63, 3.8) is 0 Å². The van der Waals surface area contributed by atoms with Gasteiger partial charge in [-0.1, -0.05) is 17.7 Å². The monoisotopic (exact) mass is 283 g/mol. The Kier molecular flexibility index (Phi) is 5.56. The number of hydrogen-bond acceptors (Lipinski definition) is 4. The van der Waals surface area contributed by atoms with Crippen LogP contribution in [0.4, 0.5) is 5.69 Å². The first-order valence-electron chi connectivity index (χ1n) is 5.12. The molecule has 1 rings (SSSR count). The van der Waals surface area contributed by atoms with Crippen LogP contribution < -0.4 is 4.74 Å². The molecule has 1 N–H and O–H groups in total. The van der Waals surface area contributed by atoms with E-state index < -0.39 is 10.9 Å². The third-order valence-electron chi connectivity index (χ3n) is 2.02. The van der Waals surface area contributed by atoms with Gasteiger partial charge in [0.05, 0.1) is 4.92 Å². The van der Waals surface area contributed by atoms with Crippen LogP contribution in [0.3, 0.4) is 0 Å². The number of carboxylic acid groups (broad SMARTS) is 1. The van der Waals surface area contributed by atoms with Crippen molar-refractivity contribution in [1.29, 1.82) is 0 Å². The maximum absolute atomic E-state index is 10.9. The summed E-state index contributed by atoms with van der Waals surface area (Å²) >= 11 is 5.31. The van der Waals surface area contributed by atoms with Crippen molar-refractivity contribution in [2.75, 3.05) is 6.61 Å². The Morgan fingerprint density at radius 3 is 2.84 bits per heavy atom. The molecule has 0 aliphatic heterocycles. The van der Waals surface area contributed by atoms with Crippen LogP contribution in [0.2, 0.25) is 0 Å². The summed E-state index contributed by atoms with van der Waals surface area (Å²) in [6, 6.07) is 4.16. The molecule has 0 aliphatic rings. The minimum absolute atomic E-state index is 0.0900. The zero-order valence-electron chi connectivity index (χ0n) is 9.65. The number of halogens is 1. The summed E-state index contributed by atoms with van der Waals surface area (Å²) in [5.41, 5.74) is 1.40. The Morgan fingerprint density at radius 2 is 2.26 bits per heavy atom. The molecule has 0 bridgehead atoms. The first-order valence-corrected chi connectivity index (χ1v) is 5.55. The van der Waals surface area contributed by atoms with Crippen LogP contribution in [0.15, 0.2) is 35.9 Å². The normalized spacial score (nSPS) is 11.0. The zero-order chi connectivity index (χ0) is 14.3. The third-order valence-corrected chi connectivity index (χ3v) is 2.20. The molecule has 19 heavy (non-hydrogen) atoms. The van der Waals surface area contributed by atoms with E-state index in [0.717, 1.165) is 6.08 Å². The average Bonchev–Trinajstić information content (AvgIpc) is 2.37. The molecule has 1 aromatic rings. The van der Waals surface area contributed by atoms with Crippen LogP contribution in [0, 0.1) is 10.1 Å². The highest BCUT2D eigenvalue weighted by Crippen LogP contribution is 2.28. The van der Waals surface area contributed by atoms with Crippen LogP contribution in [0.25, 0.3) is 6.08 Å². The van der Waals surface area contributed by atoms with Gasteiger partial charge in [-0.25, -0.2) is 4.79 Å². The molecular weight excluding hydrogens is 274 g/mol. The van der Waals surface area contributed by atoms with Gasteiger partial charge in [-0.3, -0.25) is 10.1 Å². The van der Waals surface area contributed by atoms with Gasteiger partial charge in [0.1, 0.15) is 6.61 Å². The highest BCUT2D eigenvalue weighted by atomic mass is 35.5. The van der Waals surface area contributed by atoms with Gasteiger partial charge in [0.25, 0.3) is 0 Å². The second-order valence-corrected chi connectivity index (χ2v) is 3.58. The number of rotatable bonds is 6. The number of ether oxygens (including phenoxy) is 1. The number of aliphatic carboxylic acids is 1. The summed E-state index contributed by atoms with van der Waals surface area (Å²) in [5.74, 6) is -1.04. The molecule has 0 heterocycles. The van der Waals surface area contributed by atoms with E-state index >= 15 is 0 Å². The molecule has 7 heteroatoms. The van der Waals surface area contributed by atoms with Gasteiger partial charge in [0.2, 0.25) is 0 Å². The molecule has 0 unspecified atom stereocenters. The maximum Gasteiger partial charge on any atom is 0.328 e. The lowest BCUT2D eigenvalue weighted by Gasteiger charge is -2.04. The Morgan fingerprint density at radius 1 is 1.53 bits per heavy atom. The fraction of sp³-hybridized carbons (Fsp3) is 0.0833. The molecule has 0 aliphatic carbocycles. The standard InChI is InChI=1S/C12H10ClNO5/c13-6-1-7-19-11-4-2-9(3-5-12(15)16)8-10(11)14(17)18/h1-6,8H,7H2,(H,15,16)/b5-3+,6-1+. The lowest BCUT2D eigenvalue weighted by atomic mass is 10.1. The van der Waals surface area contributed by atoms with E-state index in [1.165, 1.54) is 35.9 Å². The highest BCUT2D eigenvalue weighted by molar-refractivity contribution is 6.25. The van der Waals surface area contributed by atoms with Crippen LogP contribution in [-0.2, 0) is 4.79 Å². The molecule has 0 atom stereocenters. The van der Waals surface area contributed by atoms with Gasteiger partial charge in [-0.15, -0.1) is 0 Å². The number of benzene rings is 1. The van der Waals surface area contributed by atoms with Gasteiger partial charge in [-0.05, 0) is 23.8 Å². The Hall–Kier alpha value is -2.34. The van der Waals surface area contributed by atoms with Gasteiger partial charge < -0.3 is 9.84 Å². The smallest absolute Gasteiger partial charge is 0.328 e. The molecule has 0 saturated heterocycles. The number of nitrogens with zero attached hydrogens (tertiary/aromatic N) is 1. The molecule has 1 aromatic carbocycles. The molecule has 0 amide bonds. The lowest BCUT2D eigenvalue weighted by Crippen LogP contribution is -1.98. The van der Waals surface area contributed by atoms with E-state index in [-0.39, 0.29) is 18.0 Å². The number of hydrogen-bond donors (Lipinski definition) is 1. The largest absolute Gasteiger partial charge is 0.483 e. The zero-order valence-corrected chi connectivity index (χ0v) is 10.4. The Bertz CT molecular complexity index is 539. The van der Waals surface area contributed by atoms with E-state index in [9.17, 15) is 14.9 Å². The van der Waals surface area contributed by atoms with Crippen molar-refractivity contribution in [2.24, 2.45) is 0 Å². The fourth-order valence-corrected chi connectivity index (χ4v) is 1.32. The minimum Gasteiger partial charge on any atom is -0.483 e. The van der Waals surface area contributed by atoms with E-state index in [0.29, 0.717) is 5.56 Å². The molecule has 6 nitrogen and oxygen atoms in total. The average molecular weight is 284 g/mol. The van der Waals surface area contributed by atoms with Gasteiger partial charge in [-0.2, -0.15) is 0 Å². The summed E-state index contributed by atoms with van der Waals surface area (Å²) in [5, 5.41) is 19.4. The predicted molar refractivity (Wildman–Crippen MR) is 70.3 cm³/mol. The second kappa shape index (κ2) is 7.17. The molecular formula is C12H10ClNO5. The lowest BCUT2D eigenvalue weighted by molar-refractivity contribution is -0.385. The van der Waals surface area contributed by atoms with Crippen molar-refractivity contribution in [2.45, 2.75) is 0 Å². The van der Waals surface area contributed by atoms with Crippen LogP contribution in [0.5, 0.6) is 5.75 Å².